The molecule has 0 aliphatic rings. The molecule has 0 aliphatic carbocycles. The largest absolute Gasteiger partial charge is 0.489 e. The summed E-state index contributed by atoms with van der Waals surface area (Å²) in [6, 6.07) is 24.0. The Morgan fingerprint density at radius 3 is 2.48 bits per heavy atom. The van der Waals surface area contributed by atoms with Crippen molar-refractivity contribution in [1.82, 2.24) is 0 Å². The van der Waals surface area contributed by atoms with E-state index in [1.807, 2.05) is 42.5 Å². The minimum absolute atomic E-state index is 0.0242. The van der Waals surface area contributed by atoms with Gasteiger partial charge in [-0.25, -0.2) is 0 Å². The summed E-state index contributed by atoms with van der Waals surface area (Å²) in [6.45, 7) is 0.400. The Labute approximate surface area is 187 Å². The first-order chi connectivity index (χ1) is 14.0. The normalized spacial score (nSPS) is 10.9. The van der Waals surface area contributed by atoms with E-state index < -0.39 is 5.91 Å². The molecule has 0 saturated carbocycles. The van der Waals surface area contributed by atoms with Crippen LogP contribution < -0.4 is 10.1 Å². The van der Waals surface area contributed by atoms with Crippen LogP contribution in [0.1, 0.15) is 11.1 Å². The monoisotopic (exact) mass is 514 g/mol. The van der Waals surface area contributed by atoms with E-state index in [-0.39, 0.29) is 5.57 Å². The van der Waals surface area contributed by atoms with Gasteiger partial charge in [0.15, 0.2) is 0 Å². The van der Waals surface area contributed by atoms with Crippen LogP contribution in [0.5, 0.6) is 5.75 Å². The molecular formula is C23H16ClIN2O2. The van der Waals surface area contributed by atoms with Gasteiger partial charge in [0.1, 0.15) is 24.0 Å². The minimum atomic E-state index is -0.449. The Bertz CT molecular complexity index is 1070. The number of hydrogen-bond acceptors (Lipinski definition) is 3. The fraction of sp³-hybridized carbons (Fsp3) is 0.0435. The van der Waals surface area contributed by atoms with Crippen LogP contribution in [0.25, 0.3) is 6.08 Å². The van der Waals surface area contributed by atoms with Crippen LogP contribution in [-0.4, -0.2) is 5.91 Å². The first kappa shape index (κ1) is 20.9. The van der Waals surface area contributed by atoms with Gasteiger partial charge in [-0.15, -0.1) is 0 Å². The van der Waals surface area contributed by atoms with Gasteiger partial charge < -0.3 is 10.1 Å². The van der Waals surface area contributed by atoms with Crippen LogP contribution in [0.4, 0.5) is 5.69 Å². The number of hydrogen-bond donors (Lipinski definition) is 1. The third kappa shape index (κ3) is 6.34. The summed E-state index contributed by atoms with van der Waals surface area (Å²) in [5, 5.41) is 12.7. The highest BCUT2D eigenvalue weighted by atomic mass is 127. The molecule has 1 N–H and O–H groups in total. The van der Waals surface area contributed by atoms with Gasteiger partial charge in [-0.05, 0) is 88.3 Å². The lowest BCUT2D eigenvalue weighted by Gasteiger charge is -2.07. The molecule has 4 nitrogen and oxygen atoms in total. The number of carbonyl (C=O) groups is 1. The van der Waals surface area contributed by atoms with Crippen LogP contribution in [-0.2, 0) is 11.4 Å². The Kier molecular flexibility index (Phi) is 7.28. The van der Waals surface area contributed by atoms with Gasteiger partial charge in [-0.1, -0.05) is 35.9 Å². The Balaban J connectivity index is 1.64. The van der Waals surface area contributed by atoms with Gasteiger partial charge >= 0.3 is 0 Å². The standard InChI is InChI=1S/C23H16ClIN2O2/c24-19-3-1-2-17(13-19)15-29-22-10-4-16(5-11-22)12-18(14-26)23(28)27-21-8-6-20(25)7-9-21/h1-13H,15H2,(H,27,28)/b18-12+. The second-order valence-corrected chi connectivity index (χ2v) is 7.80. The molecule has 6 heteroatoms. The summed E-state index contributed by atoms with van der Waals surface area (Å²) in [6.07, 6.45) is 1.54. The van der Waals surface area contributed by atoms with Gasteiger partial charge in [0.2, 0.25) is 0 Å². The molecule has 3 aromatic carbocycles. The smallest absolute Gasteiger partial charge is 0.266 e. The number of nitriles is 1. The van der Waals surface area contributed by atoms with Crippen LogP contribution >= 0.6 is 34.2 Å². The van der Waals surface area contributed by atoms with Gasteiger partial charge in [0.05, 0.1) is 0 Å². The number of rotatable bonds is 6. The lowest BCUT2D eigenvalue weighted by molar-refractivity contribution is -0.112. The lowest BCUT2D eigenvalue weighted by Crippen LogP contribution is -2.13. The number of amides is 1. The third-order valence-corrected chi connectivity index (χ3v) is 4.91. The van der Waals surface area contributed by atoms with Gasteiger partial charge in [0.25, 0.3) is 5.91 Å². The molecule has 0 aliphatic heterocycles. The molecule has 0 radical (unpaired) electrons. The maximum atomic E-state index is 12.3. The Morgan fingerprint density at radius 1 is 1.10 bits per heavy atom. The molecule has 29 heavy (non-hydrogen) atoms. The van der Waals surface area contributed by atoms with Crippen molar-refractivity contribution in [2.75, 3.05) is 5.32 Å². The zero-order chi connectivity index (χ0) is 20.6. The molecule has 1 amide bonds. The maximum absolute atomic E-state index is 12.3. The van der Waals surface area contributed by atoms with E-state index in [1.165, 1.54) is 0 Å². The number of halogens is 2. The summed E-state index contributed by atoms with van der Waals surface area (Å²) >= 11 is 8.16. The summed E-state index contributed by atoms with van der Waals surface area (Å²) in [7, 11) is 0. The van der Waals surface area contributed by atoms with E-state index in [0.717, 1.165) is 14.7 Å². The average molecular weight is 515 g/mol. The summed E-state index contributed by atoms with van der Waals surface area (Å²) in [4.78, 5) is 12.3. The van der Waals surface area contributed by atoms with Crippen molar-refractivity contribution in [3.8, 4) is 11.8 Å². The zero-order valence-corrected chi connectivity index (χ0v) is 18.1. The van der Waals surface area contributed by atoms with E-state index in [2.05, 4.69) is 27.9 Å². The molecule has 0 aromatic heterocycles. The van der Waals surface area contributed by atoms with Crippen molar-refractivity contribution in [2.24, 2.45) is 0 Å². The minimum Gasteiger partial charge on any atom is -0.489 e. The van der Waals surface area contributed by atoms with Crippen molar-refractivity contribution < 1.29 is 9.53 Å². The SMILES string of the molecule is N#C/C(=C\c1ccc(OCc2cccc(Cl)c2)cc1)C(=O)Nc1ccc(I)cc1. The summed E-state index contributed by atoms with van der Waals surface area (Å²) < 4.78 is 6.81. The van der Waals surface area contributed by atoms with Crippen LogP contribution in [0.15, 0.2) is 78.4 Å². The van der Waals surface area contributed by atoms with Crippen molar-refractivity contribution in [1.29, 1.82) is 5.26 Å². The fourth-order valence-electron chi connectivity index (χ4n) is 2.50. The van der Waals surface area contributed by atoms with Crippen molar-refractivity contribution >= 4 is 51.9 Å². The quantitative estimate of drug-likeness (QED) is 0.247. The van der Waals surface area contributed by atoms with Crippen LogP contribution in [0, 0.1) is 14.9 Å². The predicted molar refractivity (Wildman–Crippen MR) is 124 cm³/mol. The lowest BCUT2D eigenvalue weighted by atomic mass is 10.1. The molecule has 0 unspecified atom stereocenters. The highest BCUT2D eigenvalue weighted by Crippen LogP contribution is 2.18. The topological polar surface area (TPSA) is 62.1 Å². The highest BCUT2D eigenvalue weighted by molar-refractivity contribution is 14.1. The first-order valence-corrected chi connectivity index (χ1v) is 10.2. The van der Waals surface area contributed by atoms with E-state index in [0.29, 0.717) is 23.1 Å². The van der Waals surface area contributed by atoms with Crippen molar-refractivity contribution in [3.63, 3.8) is 0 Å². The van der Waals surface area contributed by atoms with Crippen LogP contribution in [0.2, 0.25) is 5.02 Å². The van der Waals surface area contributed by atoms with E-state index >= 15 is 0 Å². The Morgan fingerprint density at radius 2 is 1.83 bits per heavy atom. The second kappa shape index (κ2) is 10.1. The first-order valence-electron chi connectivity index (χ1n) is 8.69. The Hall–Kier alpha value is -2.82. The van der Waals surface area contributed by atoms with Gasteiger partial charge in [-0.2, -0.15) is 5.26 Å². The number of nitrogens with zero attached hydrogens (tertiary/aromatic N) is 1. The van der Waals surface area contributed by atoms with E-state index in [4.69, 9.17) is 16.3 Å². The molecule has 0 spiro atoms. The van der Waals surface area contributed by atoms with E-state index in [9.17, 15) is 10.1 Å². The maximum Gasteiger partial charge on any atom is 0.266 e. The van der Waals surface area contributed by atoms with Crippen molar-refractivity contribution in [2.45, 2.75) is 6.61 Å². The summed E-state index contributed by atoms with van der Waals surface area (Å²) in [5.74, 6) is 0.235. The molecule has 3 aromatic rings. The third-order valence-electron chi connectivity index (χ3n) is 3.95. The molecular weight excluding hydrogens is 499 g/mol. The average Bonchev–Trinajstić information content (AvgIpc) is 2.73. The zero-order valence-electron chi connectivity index (χ0n) is 15.2. The number of anilines is 1. The molecule has 0 saturated heterocycles. The molecule has 0 atom stereocenters. The molecule has 3 rings (SSSR count). The number of carbonyl (C=O) groups excluding carboxylic acids is 1. The van der Waals surface area contributed by atoms with E-state index in [1.54, 1.807) is 42.5 Å². The number of ether oxygens (including phenoxy) is 1. The number of benzene rings is 3. The molecule has 0 fully saturated rings. The van der Waals surface area contributed by atoms with Gasteiger partial charge in [-0.3, -0.25) is 4.79 Å². The molecule has 0 bridgehead atoms. The number of nitrogens with one attached hydrogen (secondary N) is 1. The fourth-order valence-corrected chi connectivity index (χ4v) is 3.07. The van der Waals surface area contributed by atoms with Crippen LogP contribution in [0.3, 0.4) is 0 Å². The summed E-state index contributed by atoms with van der Waals surface area (Å²) in [5.41, 5.74) is 2.37. The van der Waals surface area contributed by atoms with Gasteiger partial charge in [0, 0.05) is 14.3 Å². The highest BCUT2D eigenvalue weighted by Gasteiger charge is 2.09. The van der Waals surface area contributed by atoms with Crippen molar-refractivity contribution in [3.05, 3.63) is 98.1 Å². The molecule has 144 valence electrons. The predicted octanol–water partition coefficient (Wildman–Crippen LogP) is 6.07. The molecule has 0 heterocycles. The second-order valence-electron chi connectivity index (χ2n) is 6.12.